The van der Waals surface area contributed by atoms with Crippen LogP contribution >= 0.6 is 11.8 Å². The Balaban J connectivity index is 1.95. The van der Waals surface area contributed by atoms with Crippen LogP contribution in [0.5, 0.6) is 0 Å². The van der Waals surface area contributed by atoms with E-state index in [9.17, 15) is 0 Å². The first-order valence-electron chi connectivity index (χ1n) is 7.46. The maximum atomic E-state index is 3.78. The molecule has 2 heteroatoms. The summed E-state index contributed by atoms with van der Waals surface area (Å²) in [5.41, 5.74) is 0. The van der Waals surface area contributed by atoms with Gasteiger partial charge in [-0.05, 0) is 62.5 Å². The molecule has 0 saturated heterocycles. The zero-order chi connectivity index (χ0) is 12.5. The van der Waals surface area contributed by atoms with Crippen LogP contribution < -0.4 is 5.32 Å². The van der Waals surface area contributed by atoms with Gasteiger partial charge in [-0.15, -0.1) is 0 Å². The standard InChI is InChI=1S/C15H31NS/c1-13-8-9-15(14(2)12-13)16-10-6-4-5-7-11-17-3/h13-16H,4-12H2,1-3H3. The molecule has 0 aromatic heterocycles. The first kappa shape index (κ1) is 15.4. The number of nitrogens with one attached hydrogen (secondary N) is 1. The van der Waals surface area contributed by atoms with Gasteiger partial charge in [0, 0.05) is 6.04 Å². The lowest BCUT2D eigenvalue weighted by molar-refractivity contribution is 0.228. The van der Waals surface area contributed by atoms with Crippen molar-refractivity contribution in [3.8, 4) is 0 Å². The molecule has 0 radical (unpaired) electrons. The summed E-state index contributed by atoms with van der Waals surface area (Å²) in [5, 5.41) is 3.78. The minimum absolute atomic E-state index is 0.803. The summed E-state index contributed by atoms with van der Waals surface area (Å²) in [6.45, 7) is 6.06. The Labute approximate surface area is 113 Å². The highest BCUT2D eigenvalue weighted by molar-refractivity contribution is 7.98. The smallest absolute Gasteiger partial charge is 0.00928 e. The second-order valence-electron chi connectivity index (χ2n) is 5.86. The van der Waals surface area contributed by atoms with Crippen molar-refractivity contribution in [2.24, 2.45) is 11.8 Å². The van der Waals surface area contributed by atoms with E-state index < -0.39 is 0 Å². The maximum absolute atomic E-state index is 3.78. The van der Waals surface area contributed by atoms with Gasteiger partial charge in [-0.1, -0.05) is 26.7 Å². The lowest BCUT2D eigenvalue weighted by Crippen LogP contribution is -2.39. The molecule has 0 amide bonds. The minimum Gasteiger partial charge on any atom is -0.314 e. The molecule has 102 valence electrons. The van der Waals surface area contributed by atoms with E-state index in [1.165, 1.54) is 57.2 Å². The minimum atomic E-state index is 0.803. The van der Waals surface area contributed by atoms with Crippen LogP contribution in [0, 0.1) is 11.8 Å². The number of hydrogen-bond acceptors (Lipinski definition) is 2. The Hall–Kier alpha value is 0.310. The van der Waals surface area contributed by atoms with Gasteiger partial charge in [0.1, 0.15) is 0 Å². The first-order valence-corrected chi connectivity index (χ1v) is 8.85. The second kappa shape index (κ2) is 9.27. The van der Waals surface area contributed by atoms with Crippen molar-refractivity contribution in [1.82, 2.24) is 5.32 Å². The van der Waals surface area contributed by atoms with Crippen molar-refractivity contribution < 1.29 is 0 Å². The average Bonchev–Trinajstić information content (AvgIpc) is 2.30. The average molecular weight is 257 g/mol. The van der Waals surface area contributed by atoms with Crippen LogP contribution in [0.3, 0.4) is 0 Å². The predicted octanol–water partition coefficient (Wildman–Crippen LogP) is 4.32. The zero-order valence-electron chi connectivity index (χ0n) is 12.0. The van der Waals surface area contributed by atoms with Gasteiger partial charge in [-0.2, -0.15) is 11.8 Å². The molecule has 1 fully saturated rings. The van der Waals surface area contributed by atoms with Gasteiger partial charge in [0.05, 0.1) is 0 Å². The number of thioether (sulfide) groups is 1. The van der Waals surface area contributed by atoms with Gasteiger partial charge >= 0.3 is 0 Å². The summed E-state index contributed by atoms with van der Waals surface area (Å²) < 4.78 is 0. The van der Waals surface area contributed by atoms with Crippen molar-refractivity contribution in [3.05, 3.63) is 0 Å². The summed E-state index contributed by atoms with van der Waals surface area (Å²) in [6.07, 6.45) is 12.0. The highest BCUT2D eigenvalue weighted by Gasteiger charge is 2.24. The molecule has 1 rings (SSSR count). The molecule has 3 unspecified atom stereocenters. The summed E-state index contributed by atoms with van der Waals surface area (Å²) in [5.74, 6) is 3.18. The van der Waals surface area contributed by atoms with Crippen LogP contribution in [0.2, 0.25) is 0 Å². The van der Waals surface area contributed by atoms with E-state index in [4.69, 9.17) is 0 Å². The Kier molecular flexibility index (Phi) is 8.38. The van der Waals surface area contributed by atoms with Crippen molar-refractivity contribution in [2.45, 2.75) is 64.8 Å². The Morgan fingerprint density at radius 1 is 1.06 bits per heavy atom. The van der Waals surface area contributed by atoms with Crippen molar-refractivity contribution in [3.63, 3.8) is 0 Å². The maximum Gasteiger partial charge on any atom is 0.00928 e. The first-order chi connectivity index (χ1) is 8.24. The van der Waals surface area contributed by atoms with Crippen LogP contribution in [0.4, 0.5) is 0 Å². The van der Waals surface area contributed by atoms with E-state index >= 15 is 0 Å². The summed E-state index contributed by atoms with van der Waals surface area (Å²) in [7, 11) is 0. The van der Waals surface area contributed by atoms with E-state index in [1.54, 1.807) is 0 Å². The molecular weight excluding hydrogens is 226 g/mol. The molecule has 1 N–H and O–H groups in total. The van der Waals surface area contributed by atoms with Gasteiger partial charge in [0.15, 0.2) is 0 Å². The van der Waals surface area contributed by atoms with Gasteiger partial charge in [0.25, 0.3) is 0 Å². The molecule has 1 saturated carbocycles. The molecular formula is C15H31NS. The molecule has 1 aliphatic carbocycles. The fourth-order valence-corrected chi connectivity index (χ4v) is 3.47. The van der Waals surface area contributed by atoms with Gasteiger partial charge in [0.2, 0.25) is 0 Å². The molecule has 0 bridgehead atoms. The normalized spacial score (nSPS) is 29.5. The van der Waals surface area contributed by atoms with Crippen LogP contribution in [0.25, 0.3) is 0 Å². The topological polar surface area (TPSA) is 12.0 Å². The molecule has 0 spiro atoms. The highest BCUT2D eigenvalue weighted by atomic mass is 32.2. The van der Waals surface area contributed by atoms with Crippen LogP contribution in [-0.2, 0) is 0 Å². The van der Waals surface area contributed by atoms with Crippen LogP contribution in [0.1, 0.15) is 58.8 Å². The van der Waals surface area contributed by atoms with Crippen molar-refractivity contribution in [1.29, 1.82) is 0 Å². The number of hydrogen-bond donors (Lipinski definition) is 1. The number of unbranched alkanes of at least 4 members (excludes halogenated alkanes) is 3. The van der Waals surface area contributed by atoms with Gasteiger partial charge in [-0.25, -0.2) is 0 Å². The second-order valence-corrected chi connectivity index (χ2v) is 6.85. The molecule has 0 heterocycles. The van der Waals surface area contributed by atoms with Crippen molar-refractivity contribution >= 4 is 11.8 Å². The molecule has 0 aliphatic heterocycles. The third kappa shape index (κ3) is 6.71. The number of rotatable bonds is 8. The largest absolute Gasteiger partial charge is 0.314 e. The SMILES string of the molecule is CSCCCCCCNC1CCC(C)CC1C. The van der Waals surface area contributed by atoms with E-state index in [-0.39, 0.29) is 0 Å². The molecule has 0 aromatic carbocycles. The zero-order valence-corrected chi connectivity index (χ0v) is 12.8. The van der Waals surface area contributed by atoms with Gasteiger partial charge in [-0.3, -0.25) is 0 Å². The molecule has 0 aromatic rings. The molecule has 17 heavy (non-hydrogen) atoms. The summed E-state index contributed by atoms with van der Waals surface area (Å²) >= 11 is 1.97. The molecule has 1 nitrogen and oxygen atoms in total. The fraction of sp³-hybridized carbons (Fsp3) is 1.00. The Morgan fingerprint density at radius 2 is 1.82 bits per heavy atom. The lowest BCUT2D eigenvalue weighted by Gasteiger charge is -2.33. The summed E-state index contributed by atoms with van der Waals surface area (Å²) in [6, 6.07) is 0.803. The molecule has 1 aliphatic rings. The third-order valence-electron chi connectivity index (χ3n) is 4.11. The van der Waals surface area contributed by atoms with E-state index in [0.29, 0.717) is 0 Å². The van der Waals surface area contributed by atoms with Crippen LogP contribution in [-0.4, -0.2) is 24.6 Å². The lowest BCUT2D eigenvalue weighted by atomic mass is 9.80. The Morgan fingerprint density at radius 3 is 2.53 bits per heavy atom. The van der Waals surface area contributed by atoms with Crippen LogP contribution in [0.15, 0.2) is 0 Å². The quantitative estimate of drug-likeness (QED) is 0.650. The molecule has 3 atom stereocenters. The van der Waals surface area contributed by atoms with E-state index in [1.807, 2.05) is 11.8 Å². The third-order valence-corrected chi connectivity index (χ3v) is 4.81. The fourth-order valence-electron chi connectivity index (χ4n) is 2.98. The van der Waals surface area contributed by atoms with Gasteiger partial charge < -0.3 is 5.32 Å². The van der Waals surface area contributed by atoms with Crippen molar-refractivity contribution in [2.75, 3.05) is 18.6 Å². The van der Waals surface area contributed by atoms with E-state index in [0.717, 1.165) is 17.9 Å². The monoisotopic (exact) mass is 257 g/mol. The summed E-state index contributed by atoms with van der Waals surface area (Å²) in [4.78, 5) is 0. The Bertz CT molecular complexity index is 184. The highest BCUT2D eigenvalue weighted by Crippen LogP contribution is 2.28. The predicted molar refractivity (Wildman–Crippen MR) is 80.8 cm³/mol. The van der Waals surface area contributed by atoms with E-state index in [2.05, 4.69) is 25.4 Å².